The summed E-state index contributed by atoms with van der Waals surface area (Å²) >= 11 is 0. The van der Waals surface area contributed by atoms with Crippen LogP contribution in [0.15, 0.2) is 0 Å². The topological polar surface area (TPSA) is 179 Å². The molecule has 0 spiro atoms. The van der Waals surface area contributed by atoms with E-state index in [0.29, 0.717) is 0 Å². The zero-order valence-corrected chi connectivity index (χ0v) is 10.2. The molecule has 0 aromatic heterocycles. The number of nitrogens with two attached hydrogens (primary N) is 3. The first-order valence-electron chi connectivity index (χ1n) is 5.00. The molecule has 8 N–H and O–H groups in total. The second-order valence-corrected chi connectivity index (χ2v) is 3.39. The van der Waals surface area contributed by atoms with E-state index in [9.17, 15) is 14.4 Å². The maximum absolute atomic E-state index is 10.5. The number of carboxylic acids is 1. The highest BCUT2D eigenvalue weighted by atomic mass is 16.6. The molecule has 3 atom stereocenters. The summed E-state index contributed by atoms with van der Waals surface area (Å²) in [5, 5.41) is 16.6. The Morgan fingerprint density at radius 2 is 1.67 bits per heavy atom. The highest BCUT2D eigenvalue weighted by Crippen LogP contribution is 1.86. The van der Waals surface area contributed by atoms with Gasteiger partial charge in [-0.2, -0.15) is 0 Å². The number of aliphatic hydroxyl groups is 1. The molecule has 0 aromatic rings. The average molecular weight is 265 g/mol. The molecule has 0 radical (unpaired) electrons. The van der Waals surface area contributed by atoms with Crippen LogP contribution in [-0.4, -0.2) is 52.9 Å². The van der Waals surface area contributed by atoms with E-state index in [-0.39, 0.29) is 6.54 Å². The van der Waals surface area contributed by atoms with Gasteiger partial charge in [-0.3, -0.25) is 9.59 Å². The van der Waals surface area contributed by atoms with Crippen LogP contribution < -0.4 is 17.2 Å². The number of hydrogen-bond acceptors (Lipinski definition) is 8. The molecular weight excluding hydrogens is 246 g/mol. The van der Waals surface area contributed by atoms with Crippen molar-refractivity contribution in [3.8, 4) is 0 Å². The zero-order valence-electron chi connectivity index (χ0n) is 10.2. The second kappa shape index (κ2) is 9.48. The predicted octanol–water partition coefficient (Wildman–Crippen LogP) is -2.86. The van der Waals surface area contributed by atoms with Crippen molar-refractivity contribution >= 4 is 17.9 Å². The van der Waals surface area contributed by atoms with Gasteiger partial charge in [-0.05, 0) is 13.8 Å². The maximum Gasteiger partial charge on any atom is 0.330 e. The summed E-state index contributed by atoms with van der Waals surface area (Å²) in [5.41, 5.74) is 14.8. The van der Waals surface area contributed by atoms with Crippen LogP contribution in [0.4, 0.5) is 0 Å². The molecule has 0 unspecified atom stereocenters. The summed E-state index contributed by atoms with van der Waals surface area (Å²) < 4.78 is 4.13. The molecule has 0 aromatic carbocycles. The Morgan fingerprint density at radius 1 is 1.22 bits per heavy atom. The molecule has 0 aliphatic heterocycles. The molecule has 0 aliphatic carbocycles. The Hall–Kier alpha value is -1.55. The fraction of sp³-hybridized carbons (Fsp3) is 0.667. The Bertz CT molecular complexity index is 292. The van der Waals surface area contributed by atoms with E-state index >= 15 is 0 Å². The third kappa shape index (κ3) is 9.66. The lowest BCUT2D eigenvalue weighted by molar-refractivity contribution is -0.159. The van der Waals surface area contributed by atoms with Gasteiger partial charge in [0.2, 0.25) is 0 Å². The van der Waals surface area contributed by atoms with Crippen LogP contribution in [0.2, 0.25) is 0 Å². The predicted molar refractivity (Wildman–Crippen MR) is 61.1 cm³/mol. The molecule has 9 heteroatoms. The Balaban J connectivity index is 0. The minimum atomic E-state index is -1.18. The standard InChI is InChI=1S/C5H10N2O3.C4H9NO3/c1-3(7)5(9)10-4(8)2-6;1-2(6)3(5)4(7)8/h3H,2,6-7H2,1H3;2-3,6H,5H2,1H3,(H,7,8)/t3-;2-,3+/m01/s1. The van der Waals surface area contributed by atoms with Gasteiger partial charge >= 0.3 is 17.9 Å². The van der Waals surface area contributed by atoms with E-state index in [1.807, 2.05) is 0 Å². The summed E-state index contributed by atoms with van der Waals surface area (Å²) in [4.78, 5) is 30.6. The van der Waals surface area contributed by atoms with Crippen LogP contribution in [0.3, 0.4) is 0 Å². The lowest BCUT2D eigenvalue weighted by atomic mass is 10.2. The summed E-state index contributed by atoms with van der Waals surface area (Å²) in [7, 11) is 0. The largest absolute Gasteiger partial charge is 0.480 e. The fourth-order valence-corrected chi connectivity index (χ4v) is 0.453. The number of hydrogen-bond donors (Lipinski definition) is 5. The molecule has 0 bridgehead atoms. The van der Waals surface area contributed by atoms with Crippen molar-refractivity contribution < 1.29 is 29.3 Å². The summed E-state index contributed by atoms with van der Waals surface area (Å²) in [6, 6.07) is -1.94. The van der Waals surface area contributed by atoms with Crippen molar-refractivity contribution in [2.75, 3.05) is 6.54 Å². The summed E-state index contributed by atoms with van der Waals surface area (Å²) in [6.07, 6.45) is -0.979. The van der Waals surface area contributed by atoms with E-state index in [4.69, 9.17) is 27.4 Å². The van der Waals surface area contributed by atoms with E-state index in [1.165, 1.54) is 13.8 Å². The van der Waals surface area contributed by atoms with Gasteiger partial charge in [0.05, 0.1) is 12.6 Å². The molecule has 0 aliphatic rings. The van der Waals surface area contributed by atoms with Crippen LogP contribution in [0.1, 0.15) is 13.8 Å². The normalized spacial score (nSPS) is 14.6. The van der Waals surface area contributed by atoms with Crippen molar-refractivity contribution in [3.63, 3.8) is 0 Å². The van der Waals surface area contributed by atoms with Crippen LogP contribution in [0.5, 0.6) is 0 Å². The van der Waals surface area contributed by atoms with Gasteiger partial charge in [-0.1, -0.05) is 0 Å². The zero-order chi connectivity index (χ0) is 14.9. The average Bonchev–Trinajstić information content (AvgIpc) is 2.27. The van der Waals surface area contributed by atoms with Gasteiger partial charge in [-0.25, -0.2) is 4.79 Å². The number of carbonyl (C=O) groups excluding carboxylic acids is 2. The minimum Gasteiger partial charge on any atom is -0.480 e. The van der Waals surface area contributed by atoms with Crippen LogP contribution >= 0.6 is 0 Å². The lowest BCUT2D eigenvalue weighted by Crippen LogP contribution is -2.39. The highest BCUT2D eigenvalue weighted by Gasteiger charge is 2.16. The smallest absolute Gasteiger partial charge is 0.330 e. The van der Waals surface area contributed by atoms with Crippen molar-refractivity contribution in [2.24, 2.45) is 17.2 Å². The van der Waals surface area contributed by atoms with Gasteiger partial charge in [0.15, 0.2) is 0 Å². The molecule has 0 rings (SSSR count). The fourth-order valence-electron chi connectivity index (χ4n) is 0.453. The SMILES string of the molecule is C[C@@H](O)[C@H](N)C(=O)O.C[C@H](N)C(=O)OC(=O)CN. The minimum absolute atomic E-state index is 0.307. The molecule has 0 fully saturated rings. The van der Waals surface area contributed by atoms with Gasteiger partial charge < -0.3 is 32.2 Å². The lowest BCUT2D eigenvalue weighted by Gasteiger charge is -2.06. The third-order valence-corrected chi connectivity index (χ3v) is 1.56. The number of ether oxygens (including phenoxy) is 1. The van der Waals surface area contributed by atoms with Crippen molar-refractivity contribution in [2.45, 2.75) is 32.0 Å². The third-order valence-electron chi connectivity index (χ3n) is 1.56. The summed E-state index contributed by atoms with van der Waals surface area (Å²) in [5.74, 6) is -2.70. The van der Waals surface area contributed by atoms with Gasteiger partial charge in [0.25, 0.3) is 0 Å². The molecule has 0 heterocycles. The molecule has 0 amide bonds. The number of carbonyl (C=O) groups is 3. The number of aliphatic carboxylic acids is 1. The van der Waals surface area contributed by atoms with Gasteiger partial charge in [0, 0.05) is 0 Å². The first-order valence-corrected chi connectivity index (χ1v) is 5.00. The van der Waals surface area contributed by atoms with Crippen LogP contribution in [0.25, 0.3) is 0 Å². The number of esters is 2. The molecule has 0 saturated heterocycles. The summed E-state index contributed by atoms with van der Waals surface area (Å²) in [6.45, 7) is 2.45. The maximum atomic E-state index is 10.5. The number of carboxylic acid groups (broad SMARTS) is 1. The Labute approximate surface area is 104 Å². The first-order chi connectivity index (χ1) is 8.13. The quantitative estimate of drug-likeness (QED) is 0.264. The van der Waals surface area contributed by atoms with Gasteiger partial charge in [-0.15, -0.1) is 0 Å². The molecule has 0 saturated carbocycles. The van der Waals surface area contributed by atoms with E-state index in [2.05, 4.69) is 4.74 Å². The number of rotatable bonds is 4. The van der Waals surface area contributed by atoms with E-state index in [0.717, 1.165) is 0 Å². The Kier molecular flexibility index (Phi) is 9.90. The molecular formula is C9H19N3O6. The first kappa shape index (κ1) is 18.8. The van der Waals surface area contributed by atoms with Crippen molar-refractivity contribution in [3.05, 3.63) is 0 Å². The second-order valence-electron chi connectivity index (χ2n) is 3.39. The van der Waals surface area contributed by atoms with Gasteiger partial charge in [0.1, 0.15) is 12.1 Å². The molecule has 106 valence electrons. The monoisotopic (exact) mass is 265 g/mol. The highest BCUT2D eigenvalue weighted by molar-refractivity contribution is 5.88. The van der Waals surface area contributed by atoms with Crippen LogP contribution in [0, 0.1) is 0 Å². The van der Waals surface area contributed by atoms with Crippen molar-refractivity contribution in [1.29, 1.82) is 0 Å². The molecule has 18 heavy (non-hydrogen) atoms. The van der Waals surface area contributed by atoms with Crippen LogP contribution in [-0.2, 0) is 19.1 Å². The molecule has 9 nitrogen and oxygen atoms in total. The Morgan fingerprint density at radius 3 is 1.83 bits per heavy atom. The van der Waals surface area contributed by atoms with E-state index in [1.54, 1.807) is 0 Å². The van der Waals surface area contributed by atoms with E-state index < -0.39 is 36.1 Å². The van der Waals surface area contributed by atoms with Crippen molar-refractivity contribution in [1.82, 2.24) is 0 Å². The number of aliphatic hydroxyl groups excluding tert-OH is 1.